The van der Waals surface area contributed by atoms with Crippen molar-refractivity contribution in [1.29, 1.82) is 5.41 Å². The first-order chi connectivity index (χ1) is 17.0. The number of carboxylic acid groups (broad SMARTS) is 3. The molecule has 1 aromatic carbocycles. The van der Waals surface area contributed by atoms with Crippen LogP contribution in [0.3, 0.4) is 0 Å². The summed E-state index contributed by atoms with van der Waals surface area (Å²) in [5.74, 6) is -14.4. The second-order valence-corrected chi connectivity index (χ2v) is 7.87. The summed E-state index contributed by atoms with van der Waals surface area (Å²) >= 11 is 0. The Morgan fingerprint density at radius 3 is 2.17 bits per heavy atom. The Kier molecular flexibility index (Phi) is 12.4. The summed E-state index contributed by atoms with van der Waals surface area (Å²) in [4.78, 5) is 71.1. The number of nitrogens with one attached hydrogen (secondary N) is 3. The van der Waals surface area contributed by atoms with E-state index in [0.717, 1.165) is 18.7 Å². The number of hydrogen-bond acceptors (Lipinski definition) is 9. The van der Waals surface area contributed by atoms with Gasteiger partial charge in [0.15, 0.2) is 0 Å². The summed E-state index contributed by atoms with van der Waals surface area (Å²) in [6, 6.07) is 8.05. The fourth-order valence-corrected chi connectivity index (χ4v) is 3.31. The van der Waals surface area contributed by atoms with Crippen LogP contribution in [0.4, 0.5) is 0 Å². The Labute approximate surface area is 206 Å². The van der Waals surface area contributed by atoms with Crippen LogP contribution in [0.25, 0.3) is 0 Å². The molecule has 0 spiro atoms. The zero-order valence-corrected chi connectivity index (χ0v) is 19.5. The lowest BCUT2D eigenvalue weighted by Crippen LogP contribution is -2.47. The highest BCUT2D eigenvalue weighted by molar-refractivity contribution is 6.07. The zero-order valence-electron chi connectivity index (χ0n) is 19.5. The van der Waals surface area contributed by atoms with Crippen LogP contribution in [0.1, 0.15) is 31.7 Å². The van der Waals surface area contributed by atoms with Crippen molar-refractivity contribution in [3.8, 4) is 0 Å². The number of imide groups is 1. The number of carboxylic acids is 3. The number of carbonyl (C=O) groups is 6. The first-order valence-corrected chi connectivity index (χ1v) is 10.9. The Morgan fingerprint density at radius 2 is 1.64 bits per heavy atom. The molecule has 0 radical (unpaired) electrons. The van der Waals surface area contributed by atoms with Crippen molar-refractivity contribution >= 4 is 41.9 Å². The highest BCUT2D eigenvalue weighted by Gasteiger charge is 2.45. The van der Waals surface area contributed by atoms with Crippen LogP contribution in [0.15, 0.2) is 30.3 Å². The summed E-state index contributed by atoms with van der Waals surface area (Å²) in [7, 11) is 0. The first-order valence-electron chi connectivity index (χ1n) is 10.9. The minimum Gasteiger partial charge on any atom is -0.481 e. The number of benzene rings is 1. The average Bonchev–Trinajstić information content (AvgIpc) is 2.82. The fraction of sp³-hybridized carbons (Fsp3) is 0.435. The predicted molar refractivity (Wildman–Crippen MR) is 123 cm³/mol. The molecule has 196 valence electrons. The summed E-state index contributed by atoms with van der Waals surface area (Å²) in [6.45, 7) is 1.03. The van der Waals surface area contributed by atoms with E-state index in [1.165, 1.54) is 0 Å². The molecule has 36 heavy (non-hydrogen) atoms. The van der Waals surface area contributed by atoms with E-state index in [-0.39, 0.29) is 32.4 Å². The van der Waals surface area contributed by atoms with Crippen LogP contribution in [0, 0.1) is 23.2 Å². The van der Waals surface area contributed by atoms with Gasteiger partial charge in [-0.15, -0.1) is 0 Å². The Bertz CT molecular complexity index is 966. The second kappa shape index (κ2) is 15.0. The van der Waals surface area contributed by atoms with Gasteiger partial charge in [0.1, 0.15) is 18.6 Å². The van der Waals surface area contributed by atoms with Crippen molar-refractivity contribution in [2.24, 2.45) is 17.8 Å². The average molecular weight is 507 g/mol. The first kappa shape index (κ1) is 29.9. The zero-order chi connectivity index (χ0) is 27.3. The molecule has 0 aromatic heterocycles. The van der Waals surface area contributed by atoms with E-state index >= 15 is 0 Å². The van der Waals surface area contributed by atoms with Gasteiger partial charge in [-0.25, -0.2) is 0 Å². The number of amides is 2. The van der Waals surface area contributed by atoms with E-state index in [4.69, 9.17) is 15.3 Å². The van der Waals surface area contributed by atoms with Crippen LogP contribution >= 0.6 is 0 Å². The van der Waals surface area contributed by atoms with Gasteiger partial charge in [0.25, 0.3) is 0 Å². The third kappa shape index (κ3) is 9.62. The van der Waals surface area contributed by atoms with Crippen molar-refractivity contribution in [3.05, 3.63) is 35.9 Å². The van der Waals surface area contributed by atoms with E-state index in [1.807, 2.05) is 6.07 Å². The number of aliphatic carboxylic acids is 3. The van der Waals surface area contributed by atoms with Crippen LogP contribution in [0.2, 0.25) is 0 Å². The molecule has 13 heteroatoms. The molecule has 0 aliphatic rings. The summed E-state index contributed by atoms with van der Waals surface area (Å²) in [6.07, 6.45) is 0.852. The molecule has 4 atom stereocenters. The Hall–Kier alpha value is -4.13. The minimum absolute atomic E-state index is 0.0213. The molecule has 0 saturated heterocycles. The van der Waals surface area contributed by atoms with Gasteiger partial charge in [-0.2, -0.15) is 0 Å². The molecule has 0 aliphatic carbocycles. The van der Waals surface area contributed by atoms with Gasteiger partial charge in [0, 0.05) is 19.2 Å². The van der Waals surface area contributed by atoms with Crippen molar-refractivity contribution < 1.29 is 48.8 Å². The molecule has 0 fully saturated rings. The Balaban J connectivity index is 2.72. The van der Waals surface area contributed by atoms with E-state index in [1.54, 1.807) is 29.6 Å². The molecular weight excluding hydrogens is 478 g/mol. The van der Waals surface area contributed by atoms with Crippen LogP contribution in [-0.2, 0) is 40.1 Å². The van der Waals surface area contributed by atoms with Gasteiger partial charge in [-0.1, -0.05) is 37.3 Å². The monoisotopic (exact) mass is 507 g/mol. The molecule has 1 aromatic rings. The maximum atomic E-state index is 12.4. The molecule has 0 bridgehead atoms. The molecule has 6 N–H and O–H groups in total. The van der Waals surface area contributed by atoms with Crippen molar-refractivity contribution in [1.82, 2.24) is 10.6 Å². The molecule has 4 unspecified atom stereocenters. The Morgan fingerprint density at radius 1 is 1.00 bits per heavy atom. The maximum absolute atomic E-state index is 12.4. The summed E-state index contributed by atoms with van der Waals surface area (Å²) in [5.41, 5.74) is 0.763. The number of carbonyl (C=O) groups excluding carboxylic acids is 3. The second-order valence-electron chi connectivity index (χ2n) is 7.87. The summed E-state index contributed by atoms with van der Waals surface area (Å²) in [5, 5.41) is 39.4. The number of rotatable bonds is 16. The van der Waals surface area contributed by atoms with Crippen molar-refractivity contribution in [2.75, 3.05) is 6.54 Å². The molecule has 13 nitrogen and oxygen atoms in total. The highest BCUT2D eigenvalue weighted by atomic mass is 16.5. The minimum atomic E-state index is -2.31. The third-order valence-corrected chi connectivity index (χ3v) is 5.26. The van der Waals surface area contributed by atoms with Gasteiger partial charge >= 0.3 is 23.9 Å². The quantitative estimate of drug-likeness (QED) is 0.101. The lowest BCUT2D eigenvalue weighted by Gasteiger charge is -2.22. The van der Waals surface area contributed by atoms with Gasteiger partial charge in [-0.05, 0) is 18.4 Å². The molecule has 2 amide bonds. The van der Waals surface area contributed by atoms with E-state index in [2.05, 4.69) is 5.32 Å². The number of ether oxygens (including phenoxy) is 1. The topological polar surface area (TPSA) is 220 Å². The van der Waals surface area contributed by atoms with E-state index in [0.29, 0.717) is 0 Å². The molecule has 0 aliphatic heterocycles. The fourth-order valence-electron chi connectivity index (χ4n) is 3.31. The molecular formula is C23H29N3O10. The van der Waals surface area contributed by atoms with Gasteiger partial charge in [0.05, 0.1) is 11.8 Å². The lowest BCUT2D eigenvalue weighted by molar-refractivity contribution is -0.164. The largest absolute Gasteiger partial charge is 0.481 e. The van der Waals surface area contributed by atoms with Gasteiger partial charge in [0.2, 0.25) is 11.8 Å². The van der Waals surface area contributed by atoms with Gasteiger partial charge in [-0.3, -0.25) is 39.4 Å². The number of esters is 1. The van der Waals surface area contributed by atoms with E-state index in [9.17, 15) is 39.0 Å². The molecule has 0 saturated carbocycles. The van der Waals surface area contributed by atoms with Crippen molar-refractivity contribution in [2.45, 2.75) is 38.8 Å². The highest BCUT2D eigenvalue weighted by Crippen LogP contribution is 2.23. The third-order valence-electron chi connectivity index (χ3n) is 5.26. The van der Waals surface area contributed by atoms with E-state index < -0.39 is 59.5 Å². The standard InChI is InChI=1S/C23H29N3O10/c1-13(20(29)30)17(21(31)32)18(22(33)34)19(28)26-16(27)9-5-8-15(25-11-10-24)23(35)36-12-14-6-3-2-4-7-14/h2-4,6-7,10,13,15,17-18,24-25H,5,8-9,11-12H2,1H3,(H,29,30)(H,31,32)(H,33,34)(H,26,27,28). The van der Waals surface area contributed by atoms with Gasteiger partial charge < -0.3 is 25.5 Å². The SMILES string of the molecule is CC(C(=O)O)C(C(=O)O)C(C(=O)O)C(=O)NC(=O)CCCC(NCC=N)C(=O)OCc1ccccc1. The normalized spacial score (nSPS) is 13.9. The van der Waals surface area contributed by atoms with Crippen LogP contribution in [0.5, 0.6) is 0 Å². The molecule has 0 heterocycles. The maximum Gasteiger partial charge on any atom is 0.323 e. The summed E-state index contributed by atoms with van der Waals surface area (Å²) < 4.78 is 5.26. The predicted octanol–water partition coefficient (Wildman–Crippen LogP) is 0.273. The molecule has 1 rings (SSSR count). The van der Waals surface area contributed by atoms with Crippen LogP contribution in [-0.4, -0.2) is 69.8 Å². The smallest absolute Gasteiger partial charge is 0.323 e. The van der Waals surface area contributed by atoms with Crippen LogP contribution < -0.4 is 10.6 Å². The lowest BCUT2D eigenvalue weighted by atomic mass is 9.81. The number of hydrogen-bond donors (Lipinski definition) is 6. The van der Waals surface area contributed by atoms with Crippen molar-refractivity contribution in [3.63, 3.8) is 0 Å².